The zero-order valence-corrected chi connectivity index (χ0v) is 36.7. The van der Waals surface area contributed by atoms with Gasteiger partial charge in [0.15, 0.2) is 0 Å². The number of carbonyl (C=O) groups is 5. The van der Waals surface area contributed by atoms with Gasteiger partial charge in [-0.3, -0.25) is 38.7 Å². The number of rotatable bonds is 12. The molecule has 62 heavy (non-hydrogen) atoms. The molecule has 0 bridgehead atoms. The smallest absolute Gasteiger partial charge is 0.268 e. The lowest BCUT2D eigenvalue weighted by atomic mass is 9.48. The van der Waals surface area contributed by atoms with Crippen LogP contribution >= 0.6 is 11.6 Å². The van der Waals surface area contributed by atoms with Crippen molar-refractivity contribution in [2.24, 2.45) is 22.5 Å². The second-order valence-electron chi connectivity index (χ2n) is 18.9. The molecule has 2 N–H and O–H groups in total. The van der Waals surface area contributed by atoms with E-state index in [9.17, 15) is 29.2 Å². The first-order chi connectivity index (χ1) is 29.4. The minimum Gasteiger partial charge on any atom is -0.490 e. The average molecular weight is 865 g/mol. The molecule has 2 saturated heterocycles. The fourth-order valence-electron chi connectivity index (χ4n) is 10.9. The lowest BCUT2D eigenvalue weighted by Crippen LogP contribution is -2.77. The van der Waals surface area contributed by atoms with Gasteiger partial charge in [0.1, 0.15) is 47.3 Å². The number of nitrogens with two attached hydrogens (primary N) is 1. The van der Waals surface area contributed by atoms with Crippen LogP contribution in [0, 0.1) is 28.1 Å². The number of piperidine rings is 2. The lowest BCUT2D eigenvalue weighted by molar-refractivity contribution is -0.216. The van der Waals surface area contributed by atoms with Gasteiger partial charge in [0.25, 0.3) is 23.6 Å². The van der Waals surface area contributed by atoms with Gasteiger partial charge in [-0.15, -0.1) is 0 Å². The Labute approximate surface area is 366 Å². The third-order valence-electron chi connectivity index (χ3n) is 13.8. The molecule has 1 atom stereocenters. The van der Waals surface area contributed by atoms with Crippen molar-refractivity contribution in [2.45, 2.75) is 116 Å². The van der Waals surface area contributed by atoms with Gasteiger partial charge in [-0.25, -0.2) is 9.97 Å². The van der Waals surface area contributed by atoms with E-state index < -0.39 is 52.6 Å². The van der Waals surface area contributed by atoms with Crippen LogP contribution in [-0.4, -0.2) is 110 Å². The van der Waals surface area contributed by atoms with Gasteiger partial charge in [0, 0.05) is 67.9 Å². The summed E-state index contributed by atoms with van der Waals surface area (Å²) >= 11 is 6.28. The molecule has 2 aromatic carbocycles. The molecule has 4 heterocycles. The molecule has 3 aromatic rings. The zero-order chi connectivity index (χ0) is 44.4. The summed E-state index contributed by atoms with van der Waals surface area (Å²) in [5, 5.41) is 9.55. The Morgan fingerprint density at radius 2 is 1.58 bits per heavy atom. The maximum atomic E-state index is 14.4. The molecule has 1 unspecified atom stereocenters. The van der Waals surface area contributed by atoms with Crippen LogP contribution in [-0.2, 0) is 9.59 Å². The maximum absolute atomic E-state index is 14.4. The highest BCUT2D eigenvalue weighted by Gasteiger charge is 2.68. The van der Waals surface area contributed by atoms with Gasteiger partial charge < -0.3 is 20.1 Å². The van der Waals surface area contributed by atoms with E-state index in [4.69, 9.17) is 26.8 Å². The SMILES string of the molecule is CC(C)N(CC1CCN(c2cnc(C(N)=O)cn2)CC1)C1CC(Oc2ccc3c(c2)C(=O)N(C2CCC(=O)N(C4C(C)(C)C(Oc5ccc(C#N)c(Cl)c5)C4(C)C)C2=O)C3=O)C1. The summed E-state index contributed by atoms with van der Waals surface area (Å²) < 4.78 is 12.8. The highest BCUT2D eigenvalue weighted by Crippen LogP contribution is 2.58. The van der Waals surface area contributed by atoms with Gasteiger partial charge in [-0.1, -0.05) is 39.3 Å². The number of aromatic nitrogens is 2. The van der Waals surface area contributed by atoms with E-state index in [2.05, 4.69) is 33.6 Å². The van der Waals surface area contributed by atoms with Crippen molar-refractivity contribution >= 4 is 47.0 Å². The standard InChI is InChI=1S/C46H53ClN8O7/c1-25(2)53(24-26-13-15-52(16-14-26)37-23-50-35(22-51-37)39(49)57)28-17-31(18-28)61-29-9-10-32-33(19-29)41(59)54(40(32)58)36-11-12-38(56)55(42(36)60)43-45(3,4)44(46(43,5)6)62-30-8-7-27(21-48)34(47)20-30/h7-10,19-20,22-23,25-26,28,31,36,43-44H,11-18,24H2,1-6H3,(H2,49,57). The molecule has 1 aromatic heterocycles. The van der Waals surface area contributed by atoms with E-state index in [-0.39, 0.29) is 46.7 Å². The fraction of sp³-hybridized carbons (Fsp3) is 0.522. The van der Waals surface area contributed by atoms with Crippen LogP contribution in [0.15, 0.2) is 48.8 Å². The van der Waals surface area contributed by atoms with E-state index in [0.29, 0.717) is 35.1 Å². The molecule has 0 spiro atoms. The molecule has 326 valence electrons. The Morgan fingerprint density at radius 1 is 0.919 bits per heavy atom. The van der Waals surface area contributed by atoms with E-state index in [0.717, 1.165) is 56.0 Å². The second kappa shape index (κ2) is 16.3. The van der Waals surface area contributed by atoms with Crippen molar-refractivity contribution in [1.82, 2.24) is 24.7 Å². The third-order valence-corrected chi connectivity index (χ3v) is 14.1. The largest absolute Gasteiger partial charge is 0.490 e. The van der Waals surface area contributed by atoms with Gasteiger partial charge in [-0.2, -0.15) is 5.26 Å². The number of halogens is 1. The van der Waals surface area contributed by atoms with Crippen LogP contribution in [0.2, 0.25) is 5.02 Å². The van der Waals surface area contributed by atoms with E-state index in [1.54, 1.807) is 42.6 Å². The molecule has 3 aliphatic heterocycles. The van der Waals surface area contributed by atoms with Crippen molar-refractivity contribution in [3.05, 3.63) is 76.2 Å². The minimum absolute atomic E-state index is 0.00369. The normalized spacial score (nSPS) is 25.7. The molecule has 4 fully saturated rings. The minimum atomic E-state index is -1.14. The van der Waals surface area contributed by atoms with Crippen LogP contribution in [0.1, 0.15) is 117 Å². The summed E-state index contributed by atoms with van der Waals surface area (Å²) in [4.78, 5) is 82.9. The van der Waals surface area contributed by atoms with Gasteiger partial charge in [0.05, 0.1) is 40.1 Å². The zero-order valence-electron chi connectivity index (χ0n) is 36.0. The van der Waals surface area contributed by atoms with Crippen LogP contribution in [0.25, 0.3) is 0 Å². The quantitative estimate of drug-likeness (QED) is 0.221. The molecule has 2 aliphatic carbocycles. The maximum Gasteiger partial charge on any atom is 0.268 e. The molecular formula is C46H53ClN8O7. The first-order valence-corrected chi connectivity index (χ1v) is 21.8. The summed E-state index contributed by atoms with van der Waals surface area (Å²) in [6.07, 6.45) is 6.25. The number of benzene rings is 2. The monoisotopic (exact) mass is 864 g/mol. The van der Waals surface area contributed by atoms with E-state index >= 15 is 0 Å². The van der Waals surface area contributed by atoms with Crippen molar-refractivity contribution < 1.29 is 33.4 Å². The molecule has 5 aliphatic rings. The number of nitrogens with zero attached hydrogens (tertiary/aromatic N) is 7. The molecule has 8 rings (SSSR count). The molecule has 16 heteroatoms. The van der Waals surface area contributed by atoms with Crippen molar-refractivity contribution in [2.75, 3.05) is 24.5 Å². The second-order valence-corrected chi connectivity index (χ2v) is 19.3. The van der Waals surface area contributed by atoms with Gasteiger partial charge in [-0.05, 0) is 69.4 Å². The van der Waals surface area contributed by atoms with Crippen molar-refractivity contribution in [1.29, 1.82) is 5.26 Å². The Kier molecular flexibility index (Phi) is 11.3. The molecular weight excluding hydrogens is 812 g/mol. The number of nitriles is 1. The van der Waals surface area contributed by atoms with Gasteiger partial charge in [0.2, 0.25) is 5.91 Å². The summed E-state index contributed by atoms with van der Waals surface area (Å²) in [5.74, 6) is -0.449. The molecule has 15 nitrogen and oxygen atoms in total. The Hall–Kier alpha value is -5.59. The number of fused-ring (bicyclic) bond motifs is 1. The molecule has 2 saturated carbocycles. The highest BCUT2D eigenvalue weighted by molar-refractivity contribution is 6.31. The predicted octanol–water partition coefficient (Wildman–Crippen LogP) is 5.63. The van der Waals surface area contributed by atoms with Crippen LogP contribution < -0.4 is 20.1 Å². The summed E-state index contributed by atoms with van der Waals surface area (Å²) in [6, 6.07) is 10.7. The number of imide groups is 2. The first kappa shape index (κ1) is 43.1. The Bertz CT molecular complexity index is 2330. The predicted molar refractivity (Wildman–Crippen MR) is 229 cm³/mol. The van der Waals surface area contributed by atoms with Crippen LogP contribution in [0.3, 0.4) is 0 Å². The number of anilines is 1. The average Bonchev–Trinajstić information content (AvgIpc) is 3.46. The van der Waals surface area contributed by atoms with E-state index in [1.807, 2.05) is 33.8 Å². The van der Waals surface area contributed by atoms with Crippen LogP contribution in [0.4, 0.5) is 5.82 Å². The summed E-state index contributed by atoms with van der Waals surface area (Å²) in [7, 11) is 0. The molecule has 5 amide bonds. The number of hydrogen-bond acceptors (Lipinski definition) is 12. The number of likely N-dealkylation sites (tertiary alicyclic amines) is 1. The Morgan fingerprint density at radius 3 is 2.19 bits per heavy atom. The van der Waals surface area contributed by atoms with Crippen molar-refractivity contribution in [3.63, 3.8) is 0 Å². The number of carbonyl (C=O) groups excluding carboxylic acids is 5. The summed E-state index contributed by atoms with van der Waals surface area (Å²) in [5.41, 5.74) is 4.75. The lowest BCUT2D eigenvalue weighted by Gasteiger charge is -2.65. The first-order valence-electron chi connectivity index (χ1n) is 21.4. The van der Waals surface area contributed by atoms with Crippen LogP contribution in [0.5, 0.6) is 11.5 Å². The van der Waals surface area contributed by atoms with Gasteiger partial charge >= 0.3 is 0 Å². The number of amides is 5. The van der Waals surface area contributed by atoms with E-state index in [1.165, 1.54) is 11.1 Å². The third kappa shape index (κ3) is 7.55. The number of primary amides is 1. The van der Waals surface area contributed by atoms with Crippen molar-refractivity contribution in [3.8, 4) is 17.6 Å². The highest BCUT2D eigenvalue weighted by atomic mass is 35.5. The molecule has 0 radical (unpaired) electrons. The topological polar surface area (TPSA) is 192 Å². The fourth-order valence-corrected chi connectivity index (χ4v) is 11.1. The summed E-state index contributed by atoms with van der Waals surface area (Å²) in [6.45, 7) is 14.8. The number of hydrogen-bond donors (Lipinski definition) is 1. The number of ether oxygens (including phenoxy) is 2. The Balaban J connectivity index is 0.877.